The highest BCUT2D eigenvalue weighted by Gasteiger charge is 2.18. The Balaban J connectivity index is 2.02. The molecule has 1 aliphatic carbocycles. The molecule has 0 unspecified atom stereocenters. The summed E-state index contributed by atoms with van der Waals surface area (Å²) in [6.45, 7) is 3.13. The van der Waals surface area contributed by atoms with Crippen LogP contribution < -0.4 is 5.32 Å². The minimum Gasteiger partial charge on any atom is -0.370 e. The third-order valence-electron chi connectivity index (χ3n) is 3.39. The second-order valence-corrected chi connectivity index (χ2v) is 5.55. The molecule has 2 heterocycles. The topological polar surface area (TPSA) is 50.7 Å². The normalized spacial score (nSPS) is 14.2. The maximum atomic E-state index is 4.72. The molecule has 3 rings (SSSR count). The lowest BCUT2D eigenvalue weighted by molar-refractivity contribution is 0.664. The van der Waals surface area contributed by atoms with Gasteiger partial charge >= 0.3 is 0 Å². The molecule has 1 aliphatic rings. The van der Waals surface area contributed by atoms with Crippen LogP contribution in [0.25, 0.3) is 11.5 Å². The molecule has 2 aromatic heterocycles. The van der Waals surface area contributed by atoms with Crippen LogP contribution in [0.4, 0.5) is 5.82 Å². The Morgan fingerprint density at radius 2 is 2.16 bits per heavy atom. The van der Waals surface area contributed by atoms with Crippen molar-refractivity contribution in [3.63, 3.8) is 0 Å². The molecule has 0 atom stereocenters. The molecular weight excluding hydrogens is 256 g/mol. The molecule has 4 nitrogen and oxygen atoms in total. The average Bonchev–Trinajstić information content (AvgIpc) is 2.98. The highest BCUT2D eigenvalue weighted by molar-refractivity contribution is 7.07. The van der Waals surface area contributed by atoms with Crippen LogP contribution in [0, 0.1) is 0 Å². The largest absolute Gasteiger partial charge is 0.370 e. The van der Waals surface area contributed by atoms with Crippen LogP contribution in [0.1, 0.15) is 37.4 Å². The highest BCUT2D eigenvalue weighted by Crippen LogP contribution is 2.28. The summed E-state index contributed by atoms with van der Waals surface area (Å²) in [5.74, 6) is 1.79. The summed E-state index contributed by atoms with van der Waals surface area (Å²) in [6, 6.07) is 0. The highest BCUT2D eigenvalue weighted by atomic mass is 32.1. The van der Waals surface area contributed by atoms with Crippen molar-refractivity contribution < 1.29 is 0 Å². The SMILES string of the molecule is CCCNc1nc(-c2cscn2)nc2c1CCCC2. The predicted octanol–water partition coefficient (Wildman–Crippen LogP) is 3.30. The number of hydrogen-bond acceptors (Lipinski definition) is 5. The van der Waals surface area contributed by atoms with Crippen LogP contribution in [0.5, 0.6) is 0 Å². The van der Waals surface area contributed by atoms with Crippen LogP contribution in [0.2, 0.25) is 0 Å². The molecule has 0 aliphatic heterocycles. The Hall–Kier alpha value is -1.49. The van der Waals surface area contributed by atoms with Crippen molar-refractivity contribution in [2.24, 2.45) is 0 Å². The van der Waals surface area contributed by atoms with Crippen LogP contribution in [0.15, 0.2) is 10.9 Å². The summed E-state index contributed by atoms with van der Waals surface area (Å²) < 4.78 is 0. The van der Waals surface area contributed by atoms with E-state index in [1.54, 1.807) is 11.3 Å². The standard InChI is InChI=1S/C14H18N4S/c1-2-7-15-13-10-5-3-4-6-11(10)17-14(18-13)12-8-19-9-16-12/h8-9H,2-7H2,1H3,(H,15,17,18). The summed E-state index contributed by atoms with van der Waals surface area (Å²) >= 11 is 1.58. The molecule has 0 radical (unpaired) electrons. The fourth-order valence-electron chi connectivity index (χ4n) is 2.42. The van der Waals surface area contributed by atoms with E-state index >= 15 is 0 Å². The van der Waals surface area contributed by atoms with Gasteiger partial charge in [-0.15, -0.1) is 11.3 Å². The van der Waals surface area contributed by atoms with Crippen LogP contribution in [-0.4, -0.2) is 21.5 Å². The van der Waals surface area contributed by atoms with Gasteiger partial charge in [-0.1, -0.05) is 6.92 Å². The van der Waals surface area contributed by atoms with E-state index in [0.29, 0.717) is 0 Å². The van der Waals surface area contributed by atoms with Crippen molar-refractivity contribution in [2.45, 2.75) is 39.0 Å². The fourth-order valence-corrected chi connectivity index (χ4v) is 2.95. The lowest BCUT2D eigenvalue weighted by Crippen LogP contribution is -2.14. The number of thiazole rings is 1. The van der Waals surface area contributed by atoms with Gasteiger partial charge < -0.3 is 5.32 Å². The molecule has 0 fully saturated rings. The molecule has 2 aromatic rings. The molecule has 0 bridgehead atoms. The Kier molecular flexibility index (Phi) is 3.73. The van der Waals surface area contributed by atoms with E-state index in [1.165, 1.54) is 24.1 Å². The number of hydrogen-bond donors (Lipinski definition) is 1. The van der Waals surface area contributed by atoms with Crippen molar-refractivity contribution in [1.29, 1.82) is 0 Å². The Morgan fingerprint density at radius 1 is 1.26 bits per heavy atom. The summed E-state index contributed by atoms with van der Waals surface area (Å²) in [6.07, 6.45) is 5.74. The smallest absolute Gasteiger partial charge is 0.181 e. The zero-order valence-corrected chi connectivity index (χ0v) is 12.0. The quantitative estimate of drug-likeness (QED) is 0.929. The van der Waals surface area contributed by atoms with E-state index in [4.69, 9.17) is 4.98 Å². The summed E-state index contributed by atoms with van der Waals surface area (Å²) in [5, 5.41) is 5.46. The van der Waals surface area contributed by atoms with Gasteiger partial charge in [0.2, 0.25) is 0 Å². The van der Waals surface area contributed by atoms with Gasteiger partial charge in [0.15, 0.2) is 5.82 Å². The third kappa shape index (κ3) is 2.61. The van der Waals surface area contributed by atoms with E-state index in [9.17, 15) is 0 Å². The van der Waals surface area contributed by atoms with Crippen molar-refractivity contribution in [1.82, 2.24) is 15.0 Å². The van der Waals surface area contributed by atoms with Crippen molar-refractivity contribution in [3.05, 3.63) is 22.1 Å². The number of aryl methyl sites for hydroxylation is 1. The van der Waals surface area contributed by atoms with Crippen LogP contribution >= 0.6 is 11.3 Å². The molecular formula is C14H18N4S. The van der Waals surface area contributed by atoms with Crippen LogP contribution in [-0.2, 0) is 12.8 Å². The summed E-state index contributed by atoms with van der Waals surface area (Å²) in [5.41, 5.74) is 5.25. The Morgan fingerprint density at radius 3 is 2.95 bits per heavy atom. The molecule has 0 saturated carbocycles. The molecule has 19 heavy (non-hydrogen) atoms. The predicted molar refractivity (Wildman–Crippen MR) is 78.6 cm³/mol. The average molecular weight is 274 g/mol. The molecule has 5 heteroatoms. The van der Waals surface area contributed by atoms with Gasteiger partial charge in [0, 0.05) is 23.2 Å². The second kappa shape index (κ2) is 5.65. The first-order chi connectivity index (χ1) is 9.38. The van der Waals surface area contributed by atoms with E-state index in [-0.39, 0.29) is 0 Å². The fraction of sp³-hybridized carbons (Fsp3) is 0.500. The lowest BCUT2D eigenvalue weighted by Gasteiger charge is -2.19. The Labute approximate surface area is 117 Å². The number of rotatable bonds is 4. The van der Waals surface area contributed by atoms with E-state index in [2.05, 4.69) is 22.2 Å². The first kappa shape index (κ1) is 12.5. The van der Waals surface area contributed by atoms with Gasteiger partial charge in [-0.05, 0) is 32.1 Å². The van der Waals surface area contributed by atoms with Gasteiger partial charge in [0.05, 0.1) is 5.51 Å². The maximum Gasteiger partial charge on any atom is 0.181 e. The van der Waals surface area contributed by atoms with Crippen molar-refractivity contribution in [3.8, 4) is 11.5 Å². The Bertz CT molecular complexity index is 551. The monoisotopic (exact) mass is 274 g/mol. The number of anilines is 1. The third-order valence-corrected chi connectivity index (χ3v) is 3.97. The molecule has 0 amide bonds. The molecule has 0 aromatic carbocycles. The molecule has 0 saturated heterocycles. The van der Waals surface area contributed by atoms with Crippen molar-refractivity contribution >= 4 is 17.2 Å². The maximum absolute atomic E-state index is 4.72. The zero-order valence-electron chi connectivity index (χ0n) is 11.1. The van der Waals surface area contributed by atoms with Gasteiger partial charge in [-0.2, -0.15) is 0 Å². The molecule has 1 N–H and O–H groups in total. The first-order valence-electron chi connectivity index (χ1n) is 6.90. The number of aromatic nitrogens is 3. The van der Waals surface area contributed by atoms with Gasteiger partial charge in [0.25, 0.3) is 0 Å². The zero-order chi connectivity index (χ0) is 13.1. The van der Waals surface area contributed by atoms with E-state index in [1.807, 2.05) is 10.9 Å². The van der Waals surface area contributed by atoms with E-state index < -0.39 is 0 Å². The molecule has 100 valence electrons. The molecule has 0 spiro atoms. The first-order valence-corrected chi connectivity index (χ1v) is 7.85. The minimum atomic E-state index is 0.764. The number of fused-ring (bicyclic) bond motifs is 1. The van der Waals surface area contributed by atoms with Crippen LogP contribution in [0.3, 0.4) is 0 Å². The second-order valence-electron chi connectivity index (χ2n) is 4.83. The van der Waals surface area contributed by atoms with Crippen molar-refractivity contribution in [2.75, 3.05) is 11.9 Å². The lowest BCUT2D eigenvalue weighted by atomic mass is 9.96. The number of nitrogens with zero attached hydrogens (tertiary/aromatic N) is 3. The van der Waals surface area contributed by atoms with Gasteiger partial charge in [-0.25, -0.2) is 15.0 Å². The summed E-state index contributed by atoms with van der Waals surface area (Å²) in [4.78, 5) is 13.7. The van der Waals surface area contributed by atoms with Gasteiger partial charge in [-0.3, -0.25) is 0 Å². The summed E-state index contributed by atoms with van der Waals surface area (Å²) in [7, 11) is 0. The number of nitrogens with one attached hydrogen (secondary N) is 1. The minimum absolute atomic E-state index is 0.764. The van der Waals surface area contributed by atoms with E-state index in [0.717, 1.165) is 43.1 Å². The van der Waals surface area contributed by atoms with Gasteiger partial charge in [0.1, 0.15) is 11.5 Å².